The minimum Gasteiger partial charge on any atom is -0.496 e. The number of furan rings is 1. The minimum absolute atomic E-state index is 0.179. The number of thioether (sulfide) groups is 1. The van der Waals surface area contributed by atoms with Gasteiger partial charge in [-0.05, 0) is 18.2 Å². The molecule has 0 saturated carbocycles. The van der Waals surface area contributed by atoms with Gasteiger partial charge >= 0.3 is 0 Å². The molecule has 0 bridgehead atoms. The van der Waals surface area contributed by atoms with Crippen LogP contribution in [0.3, 0.4) is 0 Å². The van der Waals surface area contributed by atoms with Crippen LogP contribution in [-0.4, -0.2) is 34.9 Å². The number of methoxy groups -OCH3 is 1. The van der Waals surface area contributed by atoms with Crippen molar-refractivity contribution in [2.45, 2.75) is 17.5 Å². The third kappa shape index (κ3) is 4.16. The first kappa shape index (κ1) is 20.0. The topological polar surface area (TPSA) is 68.5 Å². The predicted molar refractivity (Wildman–Crippen MR) is 117 cm³/mol. The highest BCUT2D eigenvalue weighted by Gasteiger charge is 2.24. The highest BCUT2D eigenvalue weighted by atomic mass is 32.2. The smallest absolute Gasteiger partial charge is 0.289 e. The largest absolute Gasteiger partial charge is 0.496 e. The maximum atomic E-state index is 13.3. The molecule has 0 N–H and O–H groups in total. The van der Waals surface area contributed by atoms with E-state index >= 15 is 0 Å². The Balaban J connectivity index is 1.63. The van der Waals surface area contributed by atoms with E-state index in [9.17, 15) is 4.79 Å². The Kier molecular flexibility index (Phi) is 5.99. The Morgan fingerprint density at radius 3 is 2.60 bits per heavy atom. The number of rotatable bonds is 7. The van der Waals surface area contributed by atoms with Crippen molar-refractivity contribution in [1.82, 2.24) is 14.9 Å². The average molecular weight is 420 g/mol. The lowest BCUT2D eigenvalue weighted by molar-refractivity contribution is 0.0754. The number of hydrogen-bond donors (Lipinski definition) is 0. The summed E-state index contributed by atoms with van der Waals surface area (Å²) >= 11 is 1.47. The number of carbonyl (C=O) groups excluding carboxylic acids is 1. The van der Waals surface area contributed by atoms with Gasteiger partial charge < -0.3 is 14.1 Å². The van der Waals surface area contributed by atoms with Gasteiger partial charge in [0.25, 0.3) is 5.91 Å². The molecule has 4 rings (SSSR count). The molecule has 2 aromatic carbocycles. The molecule has 30 heavy (non-hydrogen) atoms. The molecule has 7 heteroatoms. The van der Waals surface area contributed by atoms with Gasteiger partial charge in [0.05, 0.1) is 7.11 Å². The van der Waals surface area contributed by atoms with Crippen LogP contribution in [-0.2, 0) is 12.3 Å². The first-order valence-electron chi connectivity index (χ1n) is 9.45. The van der Waals surface area contributed by atoms with Crippen LogP contribution in [0.1, 0.15) is 21.7 Å². The fourth-order valence-electron chi connectivity index (χ4n) is 3.25. The van der Waals surface area contributed by atoms with Crippen LogP contribution in [0.4, 0.5) is 0 Å². The van der Waals surface area contributed by atoms with Crippen LogP contribution in [0.25, 0.3) is 11.0 Å². The monoisotopic (exact) mass is 419 g/mol. The molecule has 0 saturated heterocycles. The van der Waals surface area contributed by atoms with E-state index in [1.807, 2.05) is 48.5 Å². The van der Waals surface area contributed by atoms with Crippen molar-refractivity contribution in [3.05, 3.63) is 83.9 Å². The molecule has 0 aliphatic rings. The molecule has 0 fully saturated rings. The Hall–Kier alpha value is -3.32. The maximum absolute atomic E-state index is 13.3. The Morgan fingerprint density at radius 2 is 1.80 bits per heavy atom. The van der Waals surface area contributed by atoms with Gasteiger partial charge in [0.2, 0.25) is 0 Å². The molecule has 2 heterocycles. The van der Waals surface area contributed by atoms with Gasteiger partial charge in [-0.25, -0.2) is 9.97 Å². The maximum Gasteiger partial charge on any atom is 0.289 e. The summed E-state index contributed by atoms with van der Waals surface area (Å²) in [5, 5.41) is 1.58. The van der Waals surface area contributed by atoms with E-state index < -0.39 is 0 Å². The van der Waals surface area contributed by atoms with Gasteiger partial charge in [-0.1, -0.05) is 48.2 Å². The second-order valence-corrected chi connectivity index (χ2v) is 7.64. The number of nitrogens with zero attached hydrogens (tertiary/aromatic N) is 3. The van der Waals surface area contributed by atoms with E-state index in [4.69, 9.17) is 9.15 Å². The van der Waals surface area contributed by atoms with Crippen LogP contribution in [0.2, 0.25) is 0 Å². The standard InChI is InChI=1S/C23H21N3O3S/c1-26(14-16-8-3-5-10-19(16)28-2)22(27)21-18(15-30-23-24-12-7-13-25-23)17-9-4-6-11-20(17)29-21/h3-13H,14-15H2,1-2H3. The van der Waals surface area contributed by atoms with Crippen molar-refractivity contribution in [2.75, 3.05) is 14.2 Å². The predicted octanol–water partition coefficient (Wildman–Crippen LogP) is 4.80. The first-order chi connectivity index (χ1) is 14.7. The van der Waals surface area contributed by atoms with Crippen molar-refractivity contribution in [3.8, 4) is 5.75 Å². The van der Waals surface area contributed by atoms with Crippen molar-refractivity contribution in [2.24, 2.45) is 0 Å². The minimum atomic E-state index is -0.179. The molecule has 4 aromatic rings. The molecule has 2 aromatic heterocycles. The van der Waals surface area contributed by atoms with E-state index in [0.717, 1.165) is 22.3 Å². The highest BCUT2D eigenvalue weighted by molar-refractivity contribution is 7.98. The summed E-state index contributed by atoms with van der Waals surface area (Å²) in [5.74, 6) is 1.45. The van der Waals surface area contributed by atoms with Crippen LogP contribution in [0.5, 0.6) is 5.75 Å². The Bertz CT molecular complexity index is 1160. The number of para-hydroxylation sites is 2. The zero-order valence-corrected chi connectivity index (χ0v) is 17.6. The van der Waals surface area contributed by atoms with Crippen molar-refractivity contribution < 1.29 is 13.9 Å². The quantitative estimate of drug-likeness (QED) is 0.317. The summed E-state index contributed by atoms with van der Waals surface area (Å²) in [6, 6.07) is 17.1. The van der Waals surface area contributed by atoms with Gasteiger partial charge in [0.15, 0.2) is 10.9 Å². The third-order valence-corrected chi connectivity index (χ3v) is 5.63. The van der Waals surface area contributed by atoms with E-state index in [2.05, 4.69) is 9.97 Å². The Labute approximate surface area is 178 Å². The fraction of sp³-hybridized carbons (Fsp3) is 0.174. The van der Waals surface area contributed by atoms with Gasteiger partial charge in [-0.2, -0.15) is 0 Å². The molecule has 0 aliphatic carbocycles. The SMILES string of the molecule is COc1ccccc1CN(C)C(=O)c1oc2ccccc2c1CSc1ncccn1. The number of benzene rings is 2. The molecule has 0 atom stereocenters. The van der Waals surface area contributed by atoms with Crippen LogP contribution >= 0.6 is 11.8 Å². The molecule has 0 unspecified atom stereocenters. The van der Waals surface area contributed by atoms with Crippen LogP contribution < -0.4 is 4.74 Å². The summed E-state index contributed by atoms with van der Waals surface area (Å²) in [7, 11) is 3.39. The average Bonchev–Trinajstić information content (AvgIpc) is 3.16. The molecule has 0 aliphatic heterocycles. The summed E-state index contributed by atoms with van der Waals surface area (Å²) in [4.78, 5) is 23.5. The number of carbonyl (C=O) groups is 1. The molecular formula is C23H21N3O3S. The van der Waals surface area contributed by atoms with E-state index in [1.54, 1.807) is 37.5 Å². The zero-order valence-electron chi connectivity index (χ0n) is 16.7. The van der Waals surface area contributed by atoms with Gasteiger partial charge in [0, 0.05) is 48.3 Å². The lowest BCUT2D eigenvalue weighted by atomic mass is 10.1. The molecule has 0 radical (unpaired) electrons. The lowest BCUT2D eigenvalue weighted by Crippen LogP contribution is -2.26. The fourth-order valence-corrected chi connectivity index (χ4v) is 4.08. The summed E-state index contributed by atoms with van der Waals surface area (Å²) < 4.78 is 11.4. The third-order valence-electron chi connectivity index (χ3n) is 4.73. The molecular weight excluding hydrogens is 398 g/mol. The van der Waals surface area contributed by atoms with Gasteiger partial charge in [0.1, 0.15) is 11.3 Å². The van der Waals surface area contributed by atoms with E-state index in [0.29, 0.717) is 28.8 Å². The number of amides is 1. The normalized spacial score (nSPS) is 10.9. The summed E-state index contributed by atoms with van der Waals surface area (Å²) in [6.07, 6.45) is 3.41. The number of fused-ring (bicyclic) bond motifs is 1. The number of ether oxygens (including phenoxy) is 1. The second-order valence-electron chi connectivity index (χ2n) is 6.70. The zero-order chi connectivity index (χ0) is 20.9. The number of aromatic nitrogens is 2. The van der Waals surface area contributed by atoms with Crippen molar-refractivity contribution >= 4 is 28.6 Å². The first-order valence-corrected chi connectivity index (χ1v) is 10.4. The van der Waals surface area contributed by atoms with Crippen LogP contribution in [0, 0.1) is 0 Å². The summed E-state index contributed by atoms with van der Waals surface area (Å²) in [6.45, 7) is 0.411. The summed E-state index contributed by atoms with van der Waals surface area (Å²) in [5.41, 5.74) is 2.47. The van der Waals surface area contributed by atoms with Gasteiger partial charge in [-0.3, -0.25) is 4.79 Å². The van der Waals surface area contributed by atoms with Gasteiger partial charge in [-0.15, -0.1) is 0 Å². The second kappa shape index (κ2) is 9.00. The molecule has 152 valence electrons. The Morgan fingerprint density at radius 1 is 1.07 bits per heavy atom. The molecule has 0 spiro atoms. The number of hydrogen-bond acceptors (Lipinski definition) is 6. The highest BCUT2D eigenvalue weighted by Crippen LogP contribution is 2.32. The van der Waals surface area contributed by atoms with Crippen molar-refractivity contribution in [3.63, 3.8) is 0 Å². The van der Waals surface area contributed by atoms with Crippen molar-refractivity contribution in [1.29, 1.82) is 0 Å². The van der Waals surface area contributed by atoms with Crippen LogP contribution in [0.15, 0.2) is 76.6 Å². The molecule has 6 nitrogen and oxygen atoms in total. The lowest BCUT2D eigenvalue weighted by Gasteiger charge is -2.18. The van der Waals surface area contributed by atoms with E-state index in [1.165, 1.54) is 11.8 Å². The molecule has 1 amide bonds. The van der Waals surface area contributed by atoms with E-state index in [-0.39, 0.29) is 5.91 Å².